The number of rotatable bonds is 6. The molecule has 0 saturated heterocycles. The molecule has 2 unspecified atom stereocenters. The summed E-state index contributed by atoms with van der Waals surface area (Å²) in [5.41, 5.74) is 5.65. The van der Waals surface area contributed by atoms with Crippen molar-refractivity contribution in [2.45, 2.75) is 40.0 Å². The molecule has 3 N–H and O–H groups in total. The Hall–Kier alpha value is -0.0800. The maximum absolute atomic E-state index is 9.24. The minimum atomic E-state index is -0.0184. The van der Waals surface area contributed by atoms with Crippen LogP contribution in [0.5, 0.6) is 0 Å². The molecule has 0 bridgehead atoms. The molecule has 0 aliphatic carbocycles. The molecular formula is C10H23NO. The van der Waals surface area contributed by atoms with Crippen LogP contribution in [0.3, 0.4) is 0 Å². The normalized spacial score (nSPS) is 18.8. The quantitative estimate of drug-likeness (QED) is 0.643. The van der Waals surface area contributed by atoms with Crippen LogP contribution >= 0.6 is 0 Å². The summed E-state index contributed by atoms with van der Waals surface area (Å²) in [4.78, 5) is 0. The van der Waals surface area contributed by atoms with Gasteiger partial charge in [0.2, 0.25) is 0 Å². The summed E-state index contributed by atoms with van der Waals surface area (Å²) in [6.45, 7) is 7.33. The van der Waals surface area contributed by atoms with Crippen LogP contribution in [0.25, 0.3) is 0 Å². The second kappa shape index (κ2) is 5.55. The lowest BCUT2D eigenvalue weighted by molar-refractivity contribution is 0.100. The Morgan fingerprint density at radius 3 is 2.25 bits per heavy atom. The molecule has 0 aromatic heterocycles. The van der Waals surface area contributed by atoms with Crippen molar-refractivity contribution in [1.82, 2.24) is 0 Å². The van der Waals surface area contributed by atoms with Gasteiger partial charge in [0.25, 0.3) is 0 Å². The maximum atomic E-state index is 9.24. The molecule has 0 fully saturated rings. The van der Waals surface area contributed by atoms with Crippen molar-refractivity contribution >= 4 is 0 Å². The van der Waals surface area contributed by atoms with Crippen LogP contribution in [0.15, 0.2) is 0 Å². The molecule has 0 heterocycles. The van der Waals surface area contributed by atoms with Crippen LogP contribution in [0, 0.1) is 11.3 Å². The zero-order valence-corrected chi connectivity index (χ0v) is 8.64. The highest BCUT2D eigenvalue weighted by Gasteiger charge is 2.27. The average Bonchev–Trinajstić information content (AvgIpc) is 2.14. The third-order valence-corrected chi connectivity index (χ3v) is 3.00. The van der Waals surface area contributed by atoms with Gasteiger partial charge >= 0.3 is 0 Å². The van der Waals surface area contributed by atoms with Crippen molar-refractivity contribution in [2.75, 3.05) is 13.2 Å². The van der Waals surface area contributed by atoms with Gasteiger partial charge in [0, 0.05) is 18.6 Å². The van der Waals surface area contributed by atoms with Gasteiger partial charge in [0.05, 0.1) is 0 Å². The first-order chi connectivity index (χ1) is 5.64. The lowest BCUT2D eigenvalue weighted by Crippen LogP contribution is -2.35. The molecule has 0 radical (unpaired) electrons. The number of hydrogen-bond donors (Lipinski definition) is 2. The highest BCUT2D eigenvalue weighted by molar-refractivity contribution is 4.79. The molecule has 0 aromatic carbocycles. The van der Waals surface area contributed by atoms with Crippen LogP contribution in [0.2, 0.25) is 0 Å². The molecule has 12 heavy (non-hydrogen) atoms. The number of hydrogen-bond acceptors (Lipinski definition) is 2. The summed E-state index contributed by atoms with van der Waals surface area (Å²) in [6.07, 6.45) is 3.19. The Morgan fingerprint density at radius 1 is 1.42 bits per heavy atom. The Labute approximate surface area is 76.2 Å². The number of aliphatic hydroxyl groups excluding tert-OH is 1. The van der Waals surface area contributed by atoms with Crippen molar-refractivity contribution in [3.63, 3.8) is 0 Å². The van der Waals surface area contributed by atoms with Crippen LogP contribution in [0.4, 0.5) is 0 Å². The van der Waals surface area contributed by atoms with E-state index in [0.29, 0.717) is 12.5 Å². The molecule has 0 saturated carbocycles. The van der Waals surface area contributed by atoms with Crippen molar-refractivity contribution in [1.29, 1.82) is 0 Å². The van der Waals surface area contributed by atoms with E-state index in [0.717, 1.165) is 12.8 Å². The molecule has 0 spiro atoms. The van der Waals surface area contributed by atoms with Gasteiger partial charge in [0.15, 0.2) is 0 Å². The number of aliphatic hydroxyl groups is 1. The van der Waals surface area contributed by atoms with E-state index in [1.54, 1.807) is 0 Å². The minimum absolute atomic E-state index is 0.0184. The van der Waals surface area contributed by atoms with Crippen LogP contribution in [0.1, 0.15) is 40.0 Å². The van der Waals surface area contributed by atoms with Gasteiger partial charge in [-0.2, -0.15) is 0 Å². The molecule has 0 aliphatic heterocycles. The van der Waals surface area contributed by atoms with Gasteiger partial charge in [-0.05, 0) is 18.8 Å². The van der Waals surface area contributed by atoms with Crippen molar-refractivity contribution in [3.8, 4) is 0 Å². The Bertz CT molecular complexity index is 102. The fraction of sp³-hybridized carbons (Fsp3) is 1.00. The second-order valence-electron chi connectivity index (χ2n) is 3.93. The Morgan fingerprint density at radius 2 is 2.00 bits per heavy atom. The summed E-state index contributed by atoms with van der Waals surface area (Å²) in [7, 11) is 0. The molecule has 0 amide bonds. The summed E-state index contributed by atoms with van der Waals surface area (Å²) in [6, 6.07) is 0. The fourth-order valence-electron chi connectivity index (χ4n) is 1.50. The van der Waals surface area contributed by atoms with Crippen LogP contribution < -0.4 is 5.73 Å². The molecule has 0 rings (SSSR count). The van der Waals surface area contributed by atoms with E-state index in [1.807, 2.05) is 0 Å². The Balaban J connectivity index is 4.09. The third-order valence-electron chi connectivity index (χ3n) is 3.00. The topological polar surface area (TPSA) is 46.2 Å². The molecule has 0 aliphatic rings. The zero-order valence-electron chi connectivity index (χ0n) is 8.64. The van der Waals surface area contributed by atoms with Gasteiger partial charge in [-0.3, -0.25) is 0 Å². The number of nitrogens with two attached hydrogens (primary N) is 1. The molecular weight excluding hydrogens is 150 g/mol. The van der Waals surface area contributed by atoms with Gasteiger partial charge in [-0.15, -0.1) is 0 Å². The van der Waals surface area contributed by atoms with E-state index >= 15 is 0 Å². The molecule has 0 aromatic rings. The second-order valence-corrected chi connectivity index (χ2v) is 3.93. The summed E-state index contributed by atoms with van der Waals surface area (Å²) >= 11 is 0. The highest BCUT2D eigenvalue weighted by atomic mass is 16.3. The van der Waals surface area contributed by atoms with E-state index < -0.39 is 0 Å². The lowest BCUT2D eigenvalue weighted by atomic mass is 9.77. The molecule has 2 heteroatoms. The third kappa shape index (κ3) is 3.11. The summed E-state index contributed by atoms with van der Waals surface area (Å²) in [5.74, 6) is 0.667. The van der Waals surface area contributed by atoms with Gasteiger partial charge in [0.1, 0.15) is 0 Å². The largest absolute Gasteiger partial charge is 0.396 e. The molecule has 2 atom stereocenters. The van der Waals surface area contributed by atoms with Gasteiger partial charge < -0.3 is 10.8 Å². The van der Waals surface area contributed by atoms with Crippen LogP contribution in [-0.2, 0) is 0 Å². The van der Waals surface area contributed by atoms with Crippen molar-refractivity contribution in [3.05, 3.63) is 0 Å². The molecule has 74 valence electrons. The van der Waals surface area contributed by atoms with Gasteiger partial charge in [-0.25, -0.2) is 0 Å². The van der Waals surface area contributed by atoms with E-state index in [9.17, 15) is 5.11 Å². The maximum Gasteiger partial charge on any atom is 0.0499 e. The van der Waals surface area contributed by atoms with E-state index in [1.165, 1.54) is 6.42 Å². The first kappa shape index (κ1) is 11.9. The smallest absolute Gasteiger partial charge is 0.0499 e. The van der Waals surface area contributed by atoms with E-state index in [4.69, 9.17) is 5.73 Å². The van der Waals surface area contributed by atoms with Crippen LogP contribution in [-0.4, -0.2) is 18.3 Å². The SMILES string of the molecule is CCC(C)CC(CC)(CN)CO. The van der Waals surface area contributed by atoms with E-state index in [-0.39, 0.29) is 12.0 Å². The minimum Gasteiger partial charge on any atom is -0.396 e. The predicted octanol–water partition coefficient (Wildman–Crippen LogP) is 1.77. The first-order valence-electron chi connectivity index (χ1n) is 4.95. The zero-order chi connectivity index (χ0) is 9.61. The van der Waals surface area contributed by atoms with Crippen molar-refractivity contribution in [2.24, 2.45) is 17.1 Å². The standard InChI is InChI=1S/C10H23NO/c1-4-9(3)6-10(5-2,7-11)8-12/h9,12H,4-8,11H2,1-3H3. The van der Waals surface area contributed by atoms with Gasteiger partial charge in [-0.1, -0.05) is 27.2 Å². The summed E-state index contributed by atoms with van der Waals surface area (Å²) < 4.78 is 0. The lowest BCUT2D eigenvalue weighted by Gasteiger charge is -2.31. The monoisotopic (exact) mass is 173 g/mol. The highest BCUT2D eigenvalue weighted by Crippen LogP contribution is 2.29. The van der Waals surface area contributed by atoms with Crippen molar-refractivity contribution < 1.29 is 5.11 Å². The first-order valence-corrected chi connectivity index (χ1v) is 4.95. The Kier molecular flexibility index (Phi) is 5.51. The van der Waals surface area contributed by atoms with E-state index in [2.05, 4.69) is 20.8 Å². The summed E-state index contributed by atoms with van der Waals surface area (Å²) in [5, 5.41) is 9.24. The molecule has 2 nitrogen and oxygen atoms in total. The fourth-order valence-corrected chi connectivity index (χ4v) is 1.50. The average molecular weight is 173 g/mol. The predicted molar refractivity (Wildman–Crippen MR) is 52.9 cm³/mol.